The molecule has 0 aromatic heterocycles. The monoisotopic (exact) mass is 406 g/mol. The summed E-state index contributed by atoms with van der Waals surface area (Å²) in [6.45, 7) is 1.85. The molecule has 0 unspecified atom stereocenters. The number of Topliss-reactive ketones (excluding diaryl/α,β-unsaturated/α-hetero) is 1. The lowest BCUT2D eigenvalue weighted by molar-refractivity contribution is -0.139. The van der Waals surface area contributed by atoms with Crippen LogP contribution in [-0.2, 0) is 9.59 Å². The Morgan fingerprint density at radius 2 is 1.67 bits per heavy atom. The summed E-state index contributed by atoms with van der Waals surface area (Å²) < 4.78 is 5.78. The largest absolute Gasteiger partial charge is 0.457 e. The van der Waals surface area contributed by atoms with E-state index in [-0.39, 0.29) is 30.1 Å². The summed E-state index contributed by atoms with van der Waals surface area (Å²) in [4.78, 5) is 40.8. The normalized spacial score (nSPS) is 19.1. The molecular weight excluding hydrogens is 380 g/mol. The Hall–Kier alpha value is -3.15. The summed E-state index contributed by atoms with van der Waals surface area (Å²) in [5.74, 6) is 1.25. The topological polar surface area (TPSA) is 66.9 Å². The van der Waals surface area contributed by atoms with Crippen LogP contribution in [0.15, 0.2) is 54.6 Å². The summed E-state index contributed by atoms with van der Waals surface area (Å²) in [6, 6.07) is 16.6. The van der Waals surface area contributed by atoms with Crippen LogP contribution in [0.4, 0.5) is 0 Å². The molecule has 2 aliphatic rings. The van der Waals surface area contributed by atoms with Crippen LogP contribution >= 0.6 is 0 Å². The maximum Gasteiger partial charge on any atom is 0.242 e. The van der Waals surface area contributed by atoms with Gasteiger partial charge < -0.3 is 14.5 Å². The van der Waals surface area contributed by atoms with Crippen molar-refractivity contribution in [3.05, 3.63) is 60.2 Å². The quantitative estimate of drug-likeness (QED) is 0.689. The van der Waals surface area contributed by atoms with Crippen molar-refractivity contribution in [1.29, 1.82) is 0 Å². The highest BCUT2D eigenvalue weighted by Crippen LogP contribution is 2.25. The maximum absolute atomic E-state index is 13.0. The highest BCUT2D eigenvalue weighted by molar-refractivity contribution is 5.98. The van der Waals surface area contributed by atoms with Gasteiger partial charge in [0.05, 0.1) is 6.54 Å². The smallest absolute Gasteiger partial charge is 0.242 e. The van der Waals surface area contributed by atoms with Gasteiger partial charge in [0.1, 0.15) is 11.5 Å². The summed E-state index contributed by atoms with van der Waals surface area (Å²) in [6.07, 6.45) is 2.91. The van der Waals surface area contributed by atoms with Gasteiger partial charge in [0, 0.05) is 37.5 Å². The fourth-order valence-electron chi connectivity index (χ4n) is 4.10. The molecule has 2 saturated heterocycles. The first-order chi connectivity index (χ1) is 14.6. The first-order valence-corrected chi connectivity index (χ1v) is 10.5. The fourth-order valence-corrected chi connectivity index (χ4v) is 4.10. The van der Waals surface area contributed by atoms with Gasteiger partial charge in [0.25, 0.3) is 0 Å². The van der Waals surface area contributed by atoms with Crippen molar-refractivity contribution in [2.45, 2.75) is 25.7 Å². The van der Waals surface area contributed by atoms with Gasteiger partial charge in [-0.1, -0.05) is 18.2 Å². The van der Waals surface area contributed by atoms with Crippen molar-refractivity contribution in [2.24, 2.45) is 5.92 Å². The van der Waals surface area contributed by atoms with E-state index in [0.29, 0.717) is 37.4 Å². The van der Waals surface area contributed by atoms with E-state index in [1.54, 1.807) is 34.1 Å². The summed E-state index contributed by atoms with van der Waals surface area (Å²) in [7, 11) is 0. The van der Waals surface area contributed by atoms with Crippen molar-refractivity contribution >= 4 is 17.6 Å². The lowest BCUT2D eigenvalue weighted by Gasteiger charge is -2.33. The number of likely N-dealkylation sites (tertiary alicyclic amines) is 2. The number of amides is 2. The van der Waals surface area contributed by atoms with Gasteiger partial charge in [-0.2, -0.15) is 0 Å². The van der Waals surface area contributed by atoms with Gasteiger partial charge in [-0.05, 0) is 55.7 Å². The number of rotatable bonds is 6. The molecule has 2 amide bonds. The number of hydrogen-bond acceptors (Lipinski definition) is 4. The molecule has 156 valence electrons. The number of nitrogens with zero attached hydrogens (tertiary/aromatic N) is 2. The first kappa shape index (κ1) is 20.1. The van der Waals surface area contributed by atoms with Crippen LogP contribution in [0.25, 0.3) is 0 Å². The molecule has 1 atom stereocenters. The maximum atomic E-state index is 13.0. The Kier molecular flexibility index (Phi) is 6.12. The fraction of sp³-hybridized carbons (Fsp3) is 0.375. The van der Waals surface area contributed by atoms with Crippen LogP contribution in [0.3, 0.4) is 0 Å². The number of ketones is 1. The first-order valence-electron chi connectivity index (χ1n) is 10.5. The molecule has 0 bridgehead atoms. The molecule has 4 rings (SSSR count). The molecule has 0 N–H and O–H groups in total. The van der Waals surface area contributed by atoms with Crippen molar-refractivity contribution in [3.8, 4) is 11.5 Å². The second-order valence-electron chi connectivity index (χ2n) is 7.90. The molecule has 0 spiro atoms. The Morgan fingerprint density at radius 1 is 0.933 bits per heavy atom. The van der Waals surface area contributed by atoms with E-state index in [1.807, 2.05) is 30.3 Å². The molecule has 0 aliphatic carbocycles. The van der Waals surface area contributed by atoms with Crippen molar-refractivity contribution in [1.82, 2.24) is 9.80 Å². The van der Waals surface area contributed by atoms with Crippen LogP contribution in [0.5, 0.6) is 11.5 Å². The van der Waals surface area contributed by atoms with Gasteiger partial charge in [-0.25, -0.2) is 0 Å². The molecule has 0 radical (unpaired) electrons. The minimum Gasteiger partial charge on any atom is -0.457 e. The Balaban J connectivity index is 1.35. The zero-order valence-corrected chi connectivity index (χ0v) is 17.0. The van der Waals surface area contributed by atoms with E-state index in [1.165, 1.54) is 0 Å². The van der Waals surface area contributed by atoms with Crippen LogP contribution < -0.4 is 4.74 Å². The third-order valence-electron chi connectivity index (χ3n) is 5.76. The Labute approximate surface area is 176 Å². The van der Waals surface area contributed by atoms with Gasteiger partial charge in [-0.15, -0.1) is 0 Å². The SMILES string of the molecule is O=C(c1ccc(Oc2ccccc2)cc1)[C@H]1CCCN(C(=O)CN2CCCC2=O)C1. The van der Waals surface area contributed by atoms with Crippen LogP contribution in [0.2, 0.25) is 0 Å². The number of carbonyl (C=O) groups excluding carboxylic acids is 3. The second kappa shape index (κ2) is 9.11. The number of ether oxygens (including phenoxy) is 1. The van der Waals surface area contributed by atoms with E-state index >= 15 is 0 Å². The molecule has 6 heteroatoms. The van der Waals surface area contributed by atoms with Crippen molar-refractivity contribution in [2.75, 3.05) is 26.2 Å². The van der Waals surface area contributed by atoms with Crippen molar-refractivity contribution < 1.29 is 19.1 Å². The summed E-state index contributed by atoms with van der Waals surface area (Å²) in [5, 5.41) is 0. The van der Waals surface area contributed by atoms with E-state index in [0.717, 1.165) is 25.0 Å². The van der Waals surface area contributed by atoms with Gasteiger partial charge in [0.15, 0.2) is 5.78 Å². The third-order valence-corrected chi connectivity index (χ3v) is 5.76. The standard InChI is InChI=1S/C24H26N2O4/c27-22-9-5-15-26(22)17-23(28)25-14-4-6-19(16-25)24(29)18-10-12-21(13-11-18)30-20-7-2-1-3-8-20/h1-3,7-8,10-13,19H,4-6,9,14-17H2/t19-/m0/s1. The molecule has 2 aliphatic heterocycles. The second-order valence-corrected chi connectivity index (χ2v) is 7.90. The van der Waals surface area contributed by atoms with Crippen LogP contribution in [-0.4, -0.2) is 53.6 Å². The molecule has 30 heavy (non-hydrogen) atoms. The van der Waals surface area contributed by atoms with Gasteiger partial charge in [-0.3, -0.25) is 14.4 Å². The van der Waals surface area contributed by atoms with E-state index in [9.17, 15) is 14.4 Å². The number of carbonyl (C=O) groups is 3. The Bertz CT molecular complexity index is 911. The minimum absolute atomic E-state index is 0.0470. The van der Waals surface area contributed by atoms with E-state index in [4.69, 9.17) is 4.74 Å². The van der Waals surface area contributed by atoms with Crippen LogP contribution in [0, 0.1) is 5.92 Å². The number of benzene rings is 2. The third kappa shape index (κ3) is 4.70. The molecule has 2 aromatic carbocycles. The highest BCUT2D eigenvalue weighted by atomic mass is 16.5. The van der Waals surface area contributed by atoms with E-state index < -0.39 is 0 Å². The molecule has 2 fully saturated rings. The zero-order chi connectivity index (χ0) is 20.9. The summed E-state index contributed by atoms with van der Waals surface area (Å²) in [5.41, 5.74) is 0.629. The molecule has 0 saturated carbocycles. The predicted molar refractivity (Wildman–Crippen MR) is 112 cm³/mol. The summed E-state index contributed by atoms with van der Waals surface area (Å²) >= 11 is 0. The molecule has 6 nitrogen and oxygen atoms in total. The number of para-hydroxylation sites is 1. The number of hydrogen-bond donors (Lipinski definition) is 0. The number of piperidine rings is 1. The molecule has 2 aromatic rings. The van der Waals surface area contributed by atoms with Crippen LogP contribution in [0.1, 0.15) is 36.0 Å². The van der Waals surface area contributed by atoms with E-state index in [2.05, 4.69) is 0 Å². The Morgan fingerprint density at radius 3 is 2.37 bits per heavy atom. The van der Waals surface area contributed by atoms with Crippen molar-refractivity contribution in [3.63, 3.8) is 0 Å². The average molecular weight is 406 g/mol. The molecule has 2 heterocycles. The molecular formula is C24H26N2O4. The lowest BCUT2D eigenvalue weighted by atomic mass is 9.90. The van der Waals surface area contributed by atoms with Gasteiger partial charge in [0.2, 0.25) is 11.8 Å². The van der Waals surface area contributed by atoms with Gasteiger partial charge >= 0.3 is 0 Å². The average Bonchev–Trinajstić information content (AvgIpc) is 3.19. The zero-order valence-electron chi connectivity index (χ0n) is 17.0. The lowest BCUT2D eigenvalue weighted by Crippen LogP contribution is -2.46. The highest BCUT2D eigenvalue weighted by Gasteiger charge is 2.31. The minimum atomic E-state index is -0.210. The predicted octanol–water partition coefficient (Wildman–Crippen LogP) is 3.52.